The molecule has 25 heavy (non-hydrogen) atoms. The number of amides is 1. The van der Waals surface area contributed by atoms with Crippen LogP contribution in [0.25, 0.3) is 0 Å². The highest BCUT2D eigenvalue weighted by atomic mass is 35.5. The lowest BCUT2D eigenvalue weighted by atomic mass is 10.3. The van der Waals surface area contributed by atoms with E-state index in [4.69, 9.17) is 33.7 Å². The molecule has 0 aliphatic heterocycles. The molecule has 1 unspecified atom stereocenters. The first-order valence-corrected chi connectivity index (χ1v) is 8.82. The van der Waals surface area contributed by atoms with Crippen LogP contribution in [0.5, 0.6) is 5.75 Å². The quantitative estimate of drug-likeness (QED) is 0.602. The Hall–Kier alpha value is -1.09. The highest BCUT2D eigenvalue weighted by Gasteiger charge is 2.14. The van der Waals surface area contributed by atoms with Crippen LogP contribution in [0.4, 0.5) is 0 Å². The van der Waals surface area contributed by atoms with Crippen molar-refractivity contribution in [3.8, 4) is 5.75 Å². The SMILES string of the molecule is Cl.NCCc1nc(C(=O)NCC(O)COc2cccc(Cl)c2Cl)cs1. The van der Waals surface area contributed by atoms with E-state index in [1.165, 1.54) is 11.3 Å². The van der Waals surface area contributed by atoms with Crippen molar-refractivity contribution in [2.75, 3.05) is 19.7 Å². The molecule has 0 spiro atoms. The van der Waals surface area contributed by atoms with Gasteiger partial charge in [-0.2, -0.15) is 0 Å². The summed E-state index contributed by atoms with van der Waals surface area (Å²) in [6.45, 7) is 0.479. The van der Waals surface area contributed by atoms with Crippen LogP contribution in [0.1, 0.15) is 15.5 Å². The van der Waals surface area contributed by atoms with Crippen LogP contribution >= 0.6 is 46.9 Å². The Morgan fingerprint density at radius 1 is 1.44 bits per heavy atom. The molecule has 1 amide bonds. The minimum atomic E-state index is -0.897. The number of hydrogen-bond donors (Lipinski definition) is 3. The zero-order chi connectivity index (χ0) is 17.5. The number of halogens is 3. The van der Waals surface area contributed by atoms with Crippen molar-refractivity contribution in [1.82, 2.24) is 10.3 Å². The fraction of sp³-hybridized carbons (Fsp3) is 0.333. The number of aliphatic hydroxyl groups excluding tert-OH is 1. The maximum absolute atomic E-state index is 12.0. The molecule has 0 aliphatic carbocycles. The largest absolute Gasteiger partial charge is 0.489 e. The number of thiazole rings is 1. The van der Waals surface area contributed by atoms with E-state index in [9.17, 15) is 9.90 Å². The van der Waals surface area contributed by atoms with E-state index in [1.807, 2.05) is 0 Å². The molecule has 4 N–H and O–H groups in total. The van der Waals surface area contributed by atoms with E-state index >= 15 is 0 Å². The van der Waals surface area contributed by atoms with Gasteiger partial charge in [-0.15, -0.1) is 23.7 Å². The number of hydrogen-bond acceptors (Lipinski definition) is 6. The lowest BCUT2D eigenvalue weighted by molar-refractivity contribution is 0.0840. The zero-order valence-electron chi connectivity index (χ0n) is 13.1. The summed E-state index contributed by atoms with van der Waals surface area (Å²) >= 11 is 13.2. The summed E-state index contributed by atoms with van der Waals surface area (Å²) in [5.74, 6) is 0.0230. The van der Waals surface area contributed by atoms with Gasteiger partial charge in [-0.05, 0) is 18.7 Å². The Balaban J connectivity index is 0.00000312. The Morgan fingerprint density at radius 2 is 2.20 bits per heavy atom. The predicted octanol–water partition coefficient (Wildman–Crippen LogP) is 2.54. The Labute approximate surface area is 165 Å². The zero-order valence-corrected chi connectivity index (χ0v) is 16.2. The molecule has 0 radical (unpaired) electrons. The predicted molar refractivity (Wildman–Crippen MR) is 102 cm³/mol. The van der Waals surface area contributed by atoms with Crippen LogP contribution < -0.4 is 15.8 Å². The van der Waals surface area contributed by atoms with Crippen molar-refractivity contribution < 1.29 is 14.6 Å². The average molecular weight is 427 g/mol. The third-order valence-corrected chi connectivity index (χ3v) is 4.70. The molecule has 2 rings (SSSR count). The van der Waals surface area contributed by atoms with Gasteiger partial charge < -0.3 is 20.9 Å². The van der Waals surface area contributed by atoms with Crippen molar-refractivity contribution in [3.63, 3.8) is 0 Å². The highest BCUT2D eigenvalue weighted by molar-refractivity contribution is 7.09. The molecule has 138 valence electrons. The van der Waals surface area contributed by atoms with Gasteiger partial charge in [-0.1, -0.05) is 29.3 Å². The van der Waals surface area contributed by atoms with E-state index in [1.54, 1.807) is 23.6 Å². The molecule has 1 aromatic heterocycles. The Morgan fingerprint density at radius 3 is 2.92 bits per heavy atom. The summed E-state index contributed by atoms with van der Waals surface area (Å²) in [5, 5.41) is 15.6. The first-order valence-electron chi connectivity index (χ1n) is 7.18. The third kappa shape index (κ3) is 6.62. The number of benzene rings is 1. The van der Waals surface area contributed by atoms with Crippen LogP contribution in [0.2, 0.25) is 10.0 Å². The monoisotopic (exact) mass is 425 g/mol. The summed E-state index contributed by atoms with van der Waals surface area (Å²) < 4.78 is 5.41. The van der Waals surface area contributed by atoms with Crippen LogP contribution in [-0.4, -0.2) is 41.8 Å². The molecule has 1 aromatic carbocycles. The van der Waals surface area contributed by atoms with Crippen molar-refractivity contribution in [1.29, 1.82) is 0 Å². The number of ether oxygens (including phenoxy) is 1. The number of carbonyl (C=O) groups is 1. The van der Waals surface area contributed by atoms with Crippen molar-refractivity contribution >= 4 is 52.9 Å². The second kappa shape index (κ2) is 10.8. The second-order valence-corrected chi connectivity index (χ2v) is 6.62. The van der Waals surface area contributed by atoms with Gasteiger partial charge in [0.25, 0.3) is 5.91 Å². The number of nitrogens with one attached hydrogen (secondary N) is 1. The van der Waals surface area contributed by atoms with Crippen molar-refractivity contribution in [3.05, 3.63) is 44.3 Å². The lowest BCUT2D eigenvalue weighted by Gasteiger charge is -2.14. The molecule has 0 bridgehead atoms. The maximum Gasteiger partial charge on any atom is 0.270 e. The molecule has 0 fully saturated rings. The van der Waals surface area contributed by atoms with Gasteiger partial charge in [0.2, 0.25) is 0 Å². The molecular weight excluding hydrogens is 409 g/mol. The molecule has 1 atom stereocenters. The molecule has 0 saturated heterocycles. The van der Waals surface area contributed by atoms with E-state index in [0.29, 0.717) is 29.4 Å². The van der Waals surface area contributed by atoms with Gasteiger partial charge in [0.05, 0.1) is 10.0 Å². The summed E-state index contributed by atoms with van der Waals surface area (Å²) in [4.78, 5) is 16.1. The number of aromatic nitrogens is 1. The fourth-order valence-electron chi connectivity index (χ4n) is 1.79. The van der Waals surface area contributed by atoms with Crippen LogP contribution in [-0.2, 0) is 6.42 Å². The summed E-state index contributed by atoms with van der Waals surface area (Å²) in [5.41, 5.74) is 5.76. The summed E-state index contributed by atoms with van der Waals surface area (Å²) in [6.07, 6.45) is -0.263. The fourth-order valence-corrected chi connectivity index (χ4v) is 2.94. The van der Waals surface area contributed by atoms with E-state index < -0.39 is 6.10 Å². The number of rotatable bonds is 8. The topological polar surface area (TPSA) is 97.5 Å². The van der Waals surface area contributed by atoms with E-state index in [0.717, 1.165) is 5.01 Å². The smallest absolute Gasteiger partial charge is 0.270 e. The van der Waals surface area contributed by atoms with Crippen molar-refractivity contribution in [2.45, 2.75) is 12.5 Å². The average Bonchev–Trinajstić information content (AvgIpc) is 3.03. The minimum absolute atomic E-state index is 0. The standard InChI is InChI=1S/C15H17Cl2N3O3S.ClH/c16-10-2-1-3-12(14(10)17)23-7-9(21)6-19-15(22)11-8-24-13(20-11)4-5-18;/h1-3,8-9,21H,4-7,18H2,(H,19,22);1H. The van der Waals surface area contributed by atoms with Gasteiger partial charge in [-0.25, -0.2) is 4.98 Å². The first kappa shape index (κ1) is 22.0. The van der Waals surface area contributed by atoms with E-state index in [2.05, 4.69) is 10.3 Å². The molecule has 10 heteroatoms. The second-order valence-electron chi connectivity index (χ2n) is 4.89. The first-order chi connectivity index (χ1) is 11.5. The van der Waals surface area contributed by atoms with Gasteiger partial charge in [0, 0.05) is 18.3 Å². The third-order valence-electron chi connectivity index (χ3n) is 2.99. The number of carbonyl (C=O) groups excluding carboxylic acids is 1. The Bertz CT molecular complexity index is 700. The van der Waals surface area contributed by atoms with E-state index in [-0.39, 0.29) is 36.5 Å². The number of nitrogens with two attached hydrogens (primary N) is 1. The Kier molecular flexibility index (Phi) is 9.48. The molecule has 2 aromatic rings. The number of aliphatic hydroxyl groups is 1. The molecule has 0 saturated carbocycles. The lowest BCUT2D eigenvalue weighted by Crippen LogP contribution is -2.35. The van der Waals surface area contributed by atoms with Crippen LogP contribution in [0.3, 0.4) is 0 Å². The summed E-state index contributed by atoms with van der Waals surface area (Å²) in [7, 11) is 0. The van der Waals surface area contributed by atoms with Gasteiger partial charge in [0.1, 0.15) is 29.2 Å². The number of nitrogens with zero attached hydrogens (tertiary/aromatic N) is 1. The molecule has 0 aliphatic rings. The van der Waals surface area contributed by atoms with Crippen molar-refractivity contribution in [2.24, 2.45) is 5.73 Å². The molecule has 6 nitrogen and oxygen atoms in total. The molecule has 1 heterocycles. The normalized spacial score (nSPS) is 11.5. The molecular formula is C15H18Cl3N3O3S. The van der Waals surface area contributed by atoms with Gasteiger partial charge in [-0.3, -0.25) is 4.79 Å². The van der Waals surface area contributed by atoms with Crippen LogP contribution in [0, 0.1) is 0 Å². The van der Waals surface area contributed by atoms with Crippen LogP contribution in [0.15, 0.2) is 23.6 Å². The van der Waals surface area contributed by atoms with Gasteiger partial charge >= 0.3 is 0 Å². The maximum atomic E-state index is 12.0. The summed E-state index contributed by atoms with van der Waals surface area (Å²) in [6, 6.07) is 4.98. The minimum Gasteiger partial charge on any atom is -0.489 e. The highest BCUT2D eigenvalue weighted by Crippen LogP contribution is 2.31. The van der Waals surface area contributed by atoms with Gasteiger partial charge in [0.15, 0.2) is 0 Å².